The quantitative estimate of drug-likeness (QED) is 0.104. The Morgan fingerprint density at radius 1 is 0.838 bits per heavy atom. The van der Waals surface area contributed by atoms with Crippen LogP contribution in [0.3, 0.4) is 0 Å². The van der Waals surface area contributed by atoms with Crippen LogP contribution in [0.1, 0.15) is 26.7 Å². The van der Waals surface area contributed by atoms with Crippen LogP contribution in [0.2, 0.25) is 6.55 Å². The van der Waals surface area contributed by atoms with Gasteiger partial charge in [0, 0.05) is 37.5 Å². The fourth-order valence-corrected chi connectivity index (χ4v) is 4.99. The highest BCUT2D eigenvalue weighted by atomic mass is 28.4. The lowest BCUT2D eigenvalue weighted by atomic mass is 9.81. The van der Waals surface area contributed by atoms with E-state index < -0.39 is 63.8 Å². The normalized spacial score (nSPS) is 12.3. The Hall–Kier alpha value is -3.06. The van der Waals surface area contributed by atoms with E-state index in [1.807, 2.05) is 13.8 Å². The molecule has 12 heteroatoms. The largest absolute Gasteiger partial charge is 0.462 e. The van der Waals surface area contributed by atoms with Crippen LogP contribution < -0.4 is 5.73 Å². The molecule has 0 spiro atoms. The monoisotopic (exact) mass is 541 g/mol. The molecule has 0 saturated carbocycles. The lowest BCUT2D eigenvalue weighted by Gasteiger charge is -2.38. The highest BCUT2D eigenvalue weighted by Crippen LogP contribution is 2.31. The standard InChI is InChI=1S/C25H39NO10Si/c1-7-21(27)31-17-25(18-32-22(28)8-2,19-33-23(29)9-3)20(13-12-15-26)36-24(30)14-16-37(6,34-10-4)35-11-5/h7-9,14,16,20H,1-3,10-13,15,17-19,26H2,4-6H3. The predicted octanol–water partition coefficient (Wildman–Crippen LogP) is 2.05. The average Bonchev–Trinajstić information content (AvgIpc) is 2.89. The van der Waals surface area contributed by atoms with Gasteiger partial charge in [-0.1, -0.05) is 19.7 Å². The molecule has 0 aromatic heterocycles. The van der Waals surface area contributed by atoms with Crippen LogP contribution in [-0.2, 0) is 47.0 Å². The third-order valence-corrected chi connectivity index (χ3v) is 7.50. The molecule has 1 atom stereocenters. The molecule has 0 bridgehead atoms. The number of ether oxygens (including phenoxy) is 4. The van der Waals surface area contributed by atoms with Crippen LogP contribution in [0.5, 0.6) is 0 Å². The molecule has 0 heterocycles. The van der Waals surface area contributed by atoms with Crippen molar-refractivity contribution < 1.29 is 47.0 Å². The third-order valence-electron chi connectivity index (χ3n) is 5.00. The molecular weight excluding hydrogens is 502 g/mol. The molecule has 0 aromatic carbocycles. The Morgan fingerprint density at radius 3 is 1.62 bits per heavy atom. The zero-order chi connectivity index (χ0) is 28.3. The Morgan fingerprint density at radius 2 is 1.27 bits per heavy atom. The fraction of sp³-hybridized carbons (Fsp3) is 0.520. The molecule has 0 fully saturated rings. The van der Waals surface area contributed by atoms with Gasteiger partial charge in [-0.15, -0.1) is 0 Å². The van der Waals surface area contributed by atoms with Crippen molar-refractivity contribution in [2.45, 2.75) is 39.3 Å². The second kappa shape index (κ2) is 18.2. The van der Waals surface area contributed by atoms with Crippen molar-refractivity contribution in [2.75, 3.05) is 39.6 Å². The maximum atomic E-state index is 12.9. The van der Waals surface area contributed by atoms with Gasteiger partial charge < -0.3 is 33.5 Å². The number of esters is 4. The van der Waals surface area contributed by atoms with E-state index in [0.717, 1.165) is 18.2 Å². The molecule has 2 N–H and O–H groups in total. The second-order valence-electron chi connectivity index (χ2n) is 7.87. The number of carbonyl (C=O) groups excluding carboxylic acids is 4. The first-order valence-electron chi connectivity index (χ1n) is 11.8. The third kappa shape index (κ3) is 13.2. The highest BCUT2D eigenvalue weighted by molar-refractivity contribution is 6.71. The Kier molecular flexibility index (Phi) is 16.7. The van der Waals surface area contributed by atoms with Crippen LogP contribution in [0.25, 0.3) is 0 Å². The van der Waals surface area contributed by atoms with Crippen LogP contribution in [-0.4, -0.2) is 78.1 Å². The first-order chi connectivity index (χ1) is 17.5. The molecular formula is C25H39NO10Si. The van der Waals surface area contributed by atoms with Gasteiger partial charge in [0.25, 0.3) is 0 Å². The van der Waals surface area contributed by atoms with E-state index in [2.05, 4.69) is 19.7 Å². The molecule has 0 aliphatic carbocycles. The fourth-order valence-electron chi connectivity index (χ4n) is 3.13. The summed E-state index contributed by atoms with van der Waals surface area (Å²) in [6.07, 6.45) is 3.50. The Labute approximate surface area is 219 Å². The maximum absolute atomic E-state index is 12.9. The number of nitrogens with two attached hydrogens (primary N) is 1. The summed E-state index contributed by atoms with van der Waals surface area (Å²) in [7, 11) is -2.78. The first-order valence-corrected chi connectivity index (χ1v) is 14.2. The van der Waals surface area contributed by atoms with Gasteiger partial charge in [0.1, 0.15) is 31.3 Å². The minimum absolute atomic E-state index is 0.171. The lowest BCUT2D eigenvalue weighted by molar-refractivity contribution is -0.177. The van der Waals surface area contributed by atoms with E-state index in [0.29, 0.717) is 19.6 Å². The van der Waals surface area contributed by atoms with E-state index in [4.69, 9.17) is 33.5 Å². The molecule has 0 aromatic rings. The van der Waals surface area contributed by atoms with Crippen molar-refractivity contribution in [3.05, 3.63) is 49.7 Å². The van der Waals surface area contributed by atoms with E-state index in [9.17, 15) is 19.2 Å². The molecule has 0 radical (unpaired) electrons. The number of hydrogen-bond donors (Lipinski definition) is 1. The van der Waals surface area contributed by atoms with Crippen LogP contribution in [0.4, 0.5) is 0 Å². The number of hydrogen-bond acceptors (Lipinski definition) is 11. The van der Waals surface area contributed by atoms with Gasteiger partial charge in [0.05, 0.1) is 0 Å². The summed E-state index contributed by atoms with van der Waals surface area (Å²) in [5.41, 5.74) is 5.73. The van der Waals surface area contributed by atoms with Gasteiger partial charge in [0.2, 0.25) is 0 Å². The van der Waals surface area contributed by atoms with Crippen LogP contribution >= 0.6 is 0 Å². The molecule has 0 aliphatic rings. The predicted molar refractivity (Wildman–Crippen MR) is 138 cm³/mol. The van der Waals surface area contributed by atoms with E-state index in [1.54, 1.807) is 6.55 Å². The average molecular weight is 542 g/mol. The molecule has 0 saturated heterocycles. The van der Waals surface area contributed by atoms with Gasteiger partial charge in [-0.2, -0.15) is 0 Å². The van der Waals surface area contributed by atoms with Crippen molar-refractivity contribution in [3.8, 4) is 0 Å². The summed E-state index contributed by atoms with van der Waals surface area (Å²) in [5, 5.41) is 0. The Bertz CT molecular complexity index is 760. The topological polar surface area (TPSA) is 150 Å². The minimum Gasteiger partial charge on any atom is -0.462 e. The zero-order valence-corrected chi connectivity index (χ0v) is 22.9. The summed E-state index contributed by atoms with van der Waals surface area (Å²) >= 11 is 0. The Balaban J connectivity index is 6.33. The summed E-state index contributed by atoms with van der Waals surface area (Å²) in [5.74, 6) is -3.11. The van der Waals surface area contributed by atoms with Crippen LogP contribution in [0, 0.1) is 5.41 Å². The van der Waals surface area contributed by atoms with E-state index in [-0.39, 0.29) is 13.0 Å². The molecule has 208 valence electrons. The molecule has 11 nitrogen and oxygen atoms in total. The van der Waals surface area contributed by atoms with E-state index in [1.165, 1.54) is 11.8 Å². The van der Waals surface area contributed by atoms with Gasteiger partial charge in [-0.05, 0) is 45.5 Å². The molecule has 0 aliphatic heterocycles. The van der Waals surface area contributed by atoms with Gasteiger partial charge in [-0.25, -0.2) is 19.2 Å². The molecule has 1 unspecified atom stereocenters. The maximum Gasteiger partial charge on any atom is 0.362 e. The van der Waals surface area contributed by atoms with Crippen molar-refractivity contribution in [2.24, 2.45) is 11.1 Å². The molecule has 0 rings (SSSR count). The summed E-state index contributed by atoms with van der Waals surface area (Å²) in [6.45, 7) is 15.2. The van der Waals surface area contributed by atoms with Crippen LogP contribution in [0.15, 0.2) is 49.7 Å². The van der Waals surface area contributed by atoms with Crippen molar-refractivity contribution >= 4 is 32.4 Å². The second-order valence-corrected chi connectivity index (χ2v) is 10.8. The number of rotatable bonds is 20. The summed E-state index contributed by atoms with van der Waals surface area (Å²) in [6, 6.07) is 0. The highest BCUT2D eigenvalue weighted by Gasteiger charge is 2.45. The van der Waals surface area contributed by atoms with E-state index >= 15 is 0 Å². The van der Waals surface area contributed by atoms with Gasteiger partial charge in [0.15, 0.2) is 0 Å². The molecule has 37 heavy (non-hydrogen) atoms. The smallest absolute Gasteiger partial charge is 0.362 e. The lowest BCUT2D eigenvalue weighted by Crippen LogP contribution is -2.50. The first kappa shape index (κ1) is 33.9. The minimum atomic E-state index is -2.78. The zero-order valence-electron chi connectivity index (χ0n) is 21.9. The number of carbonyl (C=O) groups is 4. The van der Waals surface area contributed by atoms with Gasteiger partial charge in [-0.3, -0.25) is 0 Å². The van der Waals surface area contributed by atoms with Crippen molar-refractivity contribution in [1.29, 1.82) is 0 Å². The summed E-state index contributed by atoms with van der Waals surface area (Å²) < 4.78 is 32.9. The van der Waals surface area contributed by atoms with Gasteiger partial charge >= 0.3 is 32.4 Å². The van der Waals surface area contributed by atoms with Crippen molar-refractivity contribution in [3.63, 3.8) is 0 Å². The molecule has 0 amide bonds. The van der Waals surface area contributed by atoms with Crippen molar-refractivity contribution in [1.82, 2.24) is 0 Å². The summed E-state index contributed by atoms with van der Waals surface area (Å²) in [4.78, 5) is 48.6. The SMILES string of the molecule is C=CC(=O)OCC(COC(=O)C=C)(COC(=O)C=C)C(CCCN)OC(=O)C=C[Si](C)(OCC)OCC.